The molecule has 0 aliphatic rings. The van der Waals surface area contributed by atoms with Crippen LogP contribution in [0.1, 0.15) is 18.9 Å². The van der Waals surface area contributed by atoms with E-state index in [0.717, 1.165) is 6.07 Å². The third-order valence-electron chi connectivity index (χ3n) is 2.43. The molecule has 1 atom stereocenters. The lowest BCUT2D eigenvalue weighted by Gasteiger charge is -2.14. The normalized spacial score (nSPS) is 13.1. The fourth-order valence-electron chi connectivity index (χ4n) is 1.55. The summed E-state index contributed by atoms with van der Waals surface area (Å²) in [6.07, 6.45) is -5.66. The molecule has 0 amide bonds. The first-order chi connectivity index (χ1) is 9.24. The fraction of sp³-hybridized carbons (Fsp3) is 0.500. The van der Waals surface area contributed by atoms with Crippen molar-refractivity contribution in [3.05, 3.63) is 34.2 Å². The number of pyridine rings is 1. The molecular formula is C12H14F3NO4. The zero-order valence-corrected chi connectivity index (χ0v) is 10.7. The van der Waals surface area contributed by atoms with Crippen LogP contribution in [0.25, 0.3) is 0 Å². The van der Waals surface area contributed by atoms with Gasteiger partial charge in [-0.2, -0.15) is 13.2 Å². The Balaban J connectivity index is 2.81. The highest BCUT2D eigenvalue weighted by molar-refractivity contribution is 5.69. The molecule has 1 aromatic rings. The quantitative estimate of drug-likeness (QED) is 0.828. The van der Waals surface area contributed by atoms with Gasteiger partial charge in [0, 0.05) is 12.3 Å². The molecule has 20 heavy (non-hydrogen) atoms. The van der Waals surface area contributed by atoms with E-state index >= 15 is 0 Å². The number of halogens is 3. The number of aliphatic hydroxyl groups excluding tert-OH is 1. The monoisotopic (exact) mass is 293 g/mol. The van der Waals surface area contributed by atoms with Gasteiger partial charge in [-0.15, -0.1) is 0 Å². The molecule has 0 radical (unpaired) electrons. The number of esters is 1. The third-order valence-corrected chi connectivity index (χ3v) is 2.43. The molecule has 0 fully saturated rings. The number of nitrogens with zero attached hydrogens (tertiary/aromatic N) is 1. The highest BCUT2D eigenvalue weighted by Gasteiger charge is 2.31. The highest BCUT2D eigenvalue weighted by atomic mass is 19.4. The minimum atomic E-state index is -4.58. The number of ether oxygens (including phenoxy) is 1. The van der Waals surface area contributed by atoms with Crippen molar-refractivity contribution in [3.63, 3.8) is 0 Å². The van der Waals surface area contributed by atoms with E-state index in [1.165, 1.54) is 0 Å². The van der Waals surface area contributed by atoms with E-state index in [1.54, 1.807) is 6.92 Å². The van der Waals surface area contributed by atoms with Crippen LogP contribution in [-0.4, -0.2) is 28.4 Å². The number of hydrogen-bond acceptors (Lipinski definition) is 4. The Morgan fingerprint density at radius 2 is 2.10 bits per heavy atom. The highest BCUT2D eigenvalue weighted by Crippen LogP contribution is 2.28. The molecule has 1 aromatic heterocycles. The van der Waals surface area contributed by atoms with E-state index in [2.05, 4.69) is 4.74 Å². The molecule has 0 aliphatic carbocycles. The van der Waals surface area contributed by atoms with Gasteiger partial charge in [-0.25, -0.2) is 0 Å². The summed E-state index contributed by atoms with van der Waals surface area (Å²) in [5.41, 5.74) is -1.69. The van der Waals surface area contributed by atoms with E-state index in [4.69, 9.17) is 0 Å². The molecular weight excluding hydrogens is 279 g/mol. The summed E-state index contributed by atoms with van der Waals surface area (Å²) in [6.45, 7) is 1.30. The van der Waals surface area contributed by atoms with Gasteiger partial charge in [-0.05, 0) is 13.0 Å². The third kappa shape index (κ3) is 4.69. The van der Waals surface area contributed by atoms with Crippen molar-refractivity contribution in [2.45, 2.75) is 32.2 Å². The standard InChI is InChI=1S/C12H14F3NO4/c1-2-20-11(19)5-9(17)7-16-6-8(12(13,14)15)3-4-10(16)18/h3-4,6,9,17H,2,5,7H2,1H3. The average Bonchev–Trinajstić information content (AvgIpc) is 2.30. The van der Waals surface area contributed by atoms with Crippen LogP contribution in [0.5, 0.6) is 0 Å². The predicted molar refractivity (Wildman–Crippen MR) is 63.0 cm³/mol. The van der Waals surface area contributed by atoms with Gasteiger partial charge in [-0.3, -0.25) is 9.59 Å². The summed E-state index contributed by atoms with van der Waals surface area (Å²) in [6, 6.07) is 1.43. The van der Waals surface area contributed by atoms with Crippen LogP contribution in [0.15, 0.2) is 23.1 Å². The zero-order valence-electron chi connectivity index (χ0n) is 10.7. The Kier molecular flexibility index (Phi) is 5.32. The summed E-state index contributed by atoms with van der Waals surface area (Å²) in [5, 5.41) is 9.58. The van der Waals surface area contributed by atoms with Crippen LogP contribution in [0, 0.1) is 0 Å². The molecule has 0 bridgehead atoms. The summed E-state index contributed by atoms with van der Waals surface area (Å²) in [5.74, 6) is -0.681. The summed E-state index contributed by atoms with van der Waals surface area (Å²) in [4.78, 5) is 22.5. The van der Waals surface area contributed by atoms with Gasteiger partial charge in [0.05, 0.1) is 31.2 Å². The first kappa shape index (κ1) is 16.2. The van der Waals surface area contributed by atoms with E-state index in [0.29, 0.717) is 16.8 Å². The van der Waals surface area contributed by atoms with Gasteiger partial charge in [0.15, 0.2) is 0 Å². The first-order valence-corrected chi connectivity index (χ1v) is 5.85. The summed E-state index contributed by atoms with van der Waals surface area (Å²) in [7, 11) is 0. The van der Waals surface area contributed by atoms with Crippen molar-refractivity contribution in [2.24, 2.45) is 0 Å². The van der Waals surface area contributed by atoms with Crippen molar-refractivity contribution < 1.29 is 27.8 Å². The number of rotatable bonds is 5. The Morgan fingerprint density at radius 1 is 1.45 bits per heavy atom. The molecule has 5 nitrogen and oxygen atoms in total. The Labute approximate surface area is 112 Å². The minimum Gasteiger partial charge on any atom is -0.466 e. The average molecular weight is 293 g/mol. The number of aromatic nitrogens is 1. The number of hydrogen-bond donors (Lipinski definition) is 1. The smallest absolute Gasteiger partial charge is 0.417 e. The molecule has 0 aliphatic heterocycles. The zero-order chi connectivity index (χ0) is 15.3. The second kappa shape index (κ2) is 6.56. The second-order valence-corrected chi connectivity index (χ2v) is 4.07. The SMILES string of the molecule is CCOC(=O)CC(O)Cn1cc(C(F)(F)F)ccc1=O. The molecule has 112 valence electrons. The van der Waals surface area contributed by atoms with Crippen molar-refractivity contribution in [2.75, 3.05) is 6.61 Å². The molecule has 1 unspecified atom stereocenters. The van der Waals surface area contributed by atoms with Crippen LogP contribution in [0.3, 0.4) is 0 Å². The fourth-order valence-corrected chi connectivity index (χ4v) is 1.55. The number of aliphatic hydroxyl groups is 1. The Bertz CT molecular complexity index is 524. The van der Waals surface area contributed by atoms with Gasteiger partial charge in [-0.1, -0.05) is 0 Å². The van der Waals surface area contributed by atoms with Crippen molar-refractivity contribution in [1.29, 1.82) is 0 Å². The lowest BCUT2D eigenvalue weighted by Crippen LogP contribution is -2.29. The van der Waals surface area contributed by atoms with Gasteiger partial charge in [0.1, 0.15) is 0 Å². The molecule has 8 heteroatoms. The first-order valence-electron chi connectivity index (χ1n) is 5.85. The molecule has 0 saturated heterocycles. The number of carbonyl (C=O) groups excluding carboxylic acids is 1. The Morgan fingerprint density at radius 3 is 2.65 bits per heavy atom. The van der Waals surface area contributed by atoms with Gasteiger partial charge in [0.25, 0.3) is 5.56 Å². The number of carbonyl (C=O) groups is 1. The molecule has 1 N–H and O–H groups in total. The van der Waals surface area contributed by atoms with Crippen LogP contribution in [-0.2, 0) is 22.3 Å². The largest absolute Gasteiger partial charge is 0.466 e. The molecule has 0 spiro atoms. The van der Waals surface area contributed by atoms with E-state index in [-0.39, 0.29) is 6.61 Å². The minimum absolute atomic E-state index is 0.134. The van der Waals surface area contributed by atoms with Gasteiger partial charge < -0.3 is 14.4 Å². The summed E-state index contributed by atoms with van der Waals surface area (Å²) < 4.78 is 42.8. The van der Waals surface area contributed by atoms with E-state index in [1.807, 2.05) is 0 Å². The summed E-state index contributed by atoms with van der Waals surface area (Å²) >= 11 is 0. The molecule has 1 heterocycles. The van der Waals surface area contributed by atoms with Crippen LogP contribution >= 0.6 is 0 Å². The Hall–Kier alpha value is -1.83. The maximum absolute atomic E-state index is 12.5. The predicted octanol–water partition coefficient (Wildman–Crippen LogP) is 1.18. The van der Waals surface area contributed by atoms with Crippen LogP contribution in [0.4, 0.5) is 13.2 Å². The maximum atomic E-state index is 12.5. The molecule has 0 aromatic carbocycles. The van der Waals surface area contributed by atoms with Crippen LogP contribution in [0.2, 0.25) is 0 Å². The maximum Gasteiger partial charge on any atom is 0.417 e. The van der Waals surface area contributed by atoms with Gasteiger partial charge >= 0.3 is 12.1 Å². The topological polar surface area (TPSA) is 68.5 Å². The van der Waals surface area contributed by atoms with Crippen molar-refractivity contribution >= 4 is 5.97 Å². The molecule has 0 saturated carbocycles. The van der Waals surface area contributed by atoms with Crippen LogP contribution < -0.4 is 5.56 Å². The van der Waals surface area contributed by atoms with Crippen molar-refractivity contribution in [1.82, 2.24) is 4.57 Å². The van der Waals surface area contributed by atoms with Gasteiger partial charge in [0.2, 0.25) is 0 Å². The van der Waals surface area contributed by atoms with Crippen molar-refractivity contribution in [3.8, 4) is 0 Å². The lowest BCUT2D eigenvalue weighted by atomic mass is 10.2. The van der Waals surface area contributed by atoms with E-state index < -0.39 is 42.3 Å². The molecule has 1 rings (SSSR count). The second-order valence-electron chi connectivity index (χ2n) is 4.07. The number of alkyl halides is 3. The van der Waals surface area contributed by atoms with E-state index in [9.17, 15) is 27.9 Å². The lowest BCUT2D eigenvalue weighted by molar-refractivity contribution is -0.145.